The van der Waals surface area contributed by atoms with Gasteiger partial charge in [0.25, 0.3) is 0 Å². The Labute approximate surface area is 413 Å². The summed E-state index contributed by atoms with van der Waals surface area (Å²) in [6.45, 7) is 0.636. The van der Waals surface area contributed by atoms with Crippen LogP contribution in [0.5, 0.6) is 23.0 Å². The number of benzene rings is 4. The van der Waals surface area contributed by atoms with Crippen LogP contribution in [0.15, 0.2) is 84.9 Å². The van der Waals surface area contributed by atoms with Crippen LogP contribution < -0.4 is 39.8 Å². The van der Waals surface area contributed by atoms with E-state index in [-0.39, 0.29) is 71.7 Å². The van der Waals surface area contributed by atoms with E-state index in [2.05, 4.69) is 24.3 Å². The van der Waals surface area contributed by atoms with Gasteiger partial charge in [-0.1, -0.05) is 154 Å². The summed E-state index contributed by atoms with van der Waals surface area (Å²) < 4.78 is 25.4. The molecule has 4 aromatic carbocycles. The van der Waals surface area contributed by atoms with Crippen molar-refractivity contribution in [2.75, 3.05) is 13.6 Å². The maximum absolute atomic E-state index is 10.1. The first-order valence-corrected chi connectivity index (χ1v) is 26.4. The second-order valence-corrected chi connectivity index (χ2v) is 23.2. The molecule has 2 aliphatic heterocycles. The second kappa shape index (κ2) is 25.5. The third-order valence-electron chi connectivity index (χ3n) is 13.7. The minimum absolute atomic E-state index is 0. The number of fused-ring (bicyclic) bond motifs is 2. The summed E-state index contributed by atoms with van der Waals surface area (Å²) in [4.78, 5) is 20.2. The summed E-state index contributed by atoms with van der Waals surface area (Å²) in [5, 5.41) is 23.4. The van der Waals surface area contributed by atoms with Crippen molar-refractivity contribution in [1.82, 2.24) is 0 Å². The minimum Gasteiger partial charge on any atom is -0.545 e. The number of carboxylic acid groups (broad SMARTS) is 2. The van der Waals surface area contributed by atoms with Crippen LogP contribution in [0.25, 0.3) is 11.1 Å². The van der Waals surface area contributed by atoms with Crippen LogP contribution in [0.4, 0.5) is 0 Å². The molecule has 2 heterocycles. The zero-order valence-corrected chi connectivity index (χ0v) is 42.8. The Kier molecular flexibility index (Phi) is 20.2. The van der Waals surface area contributed by atoms with Crippen LogP contribution in [0, 0.1) is 0 Å². The number of hydrogen-bond donors (Lipinski definition) is 0. The number of carbonyl (C=O) groups is 2. The van der Waals surface area contributed by atoms with Crippen molar-refractivity contribution in [2.45, 2.75) is 151 Å². The summed E-state index contributed by atoms with van der Waals surface area (Å²) >= 11 is 0. The molecule has 0 saturated heterocycles. The van der Waals surface area contributed by atoms with Gasteiger partial charge < -0.3 is 38.7 Å². The maximum atomic E-state index is 10.1. The average molecular weight is 1270 g/mol. The van der Waals surface area contributed by atoms with Gasteiger partial charge in [0.2, 0.25) is 13.6 Å². The molecular weight excluding hydrogens is 1210 g/mol. The maximum Gasteiger partial charge on any atom is 1.00 e. The molecule has 0 bridgehead atoms. The zero-order valence-electron chi connectivity index (χ0n) is 36.7. The van der Waals surface area contributed by atoms with Gasteiger partial charge in [-0.3, -0.25) is 0 Å². The smallest absolute Gasteiger partial charge is 0.545 e. The van der Waals surface area contributed by atoms with E-state index < -0.39 is 11.9 Å². The second-order valence-electron chi connectivity index (χ2n) is 17.7. The molecule has 0 N–H and O–H groups in total. The van der Waals surface area contributed by atoms with Crippen molar-refractivity contribution in [1.29, 1.82) is 0 Å². The molecule has 0 atom stereocenters. The fourth-order valence-corrected chi connectivity index (χ4v) is 18.7. The molecule has 4 aromatic rings. The number of ether oxygens (including phenoxy) is 4. The normalized spacial score (nSPS) is 18.7. The van der Waals surface area contributed by atoms with Crippen LogP contribution in [0.2, 0.25) is 0 Å². The third kappa shape index (κ3) is 12.5. The van der Waals surface area contributed by atoms with Crippen molar-refractivity contribution in [2.24, 2.45) is 0 Å². The molecule has 0 aromatic heterocycles. The van der Waals surface area contributed by atoms with Crippen molar-refractivity contribution in [3.05, 3.63) is 96.1 Å². The first kappa shape index (κ1) is 50.8. The predicted molar refractivity (Wildman–Crippen MR) is 246 cm³/mol. The summed E-state index contributed by atoms with van der Waals surface area (Å²) in [6, 6.07) is 25.6. The number of carbonyl (C=O) groups excluding carboxylic acids is 2. The van der Waals surface area contributed by atoms with Gasteiger partial charge in [-0.15, -0.1) is 0 Å². The Morgan fingerprint density at radius 1 is 0.406 bits per heavy atom. The fraction of sp³-hybridized carbons (Fsp3) is 0.500. The van der Waals surface area contributed by atoms with Crippen LogP contribution in [-0.4, -0.2) is 48.2 Å². The quantitative estimate of drug-likeness (QED) is 0.120. The van der Waals surface area contributed by atoms with Crippen molar-refractivity contribution < 1.29 is 83.5 Å². The molecule has 0 radical (unpaired) electrons. The van der Waals surface area contributed by atoms with Gasteiger partial charge in [-0.2, -0.15) is 0 Å². The summed E-state index contributed by atoms with van der Waals surface area (Å²) in [5.74, 6) is 1.58. The molecule has 4 fully saturated rings. The van der Waals surface area contributed by atoms with Gasteiger partial charge >= 0.3 is 44.8 Å². The van der Waals surface area contributed by atoms with E-state index in [1.165, 1.54) is 164 Å². The first-order valence-electron chi connectivity index (χ1n) is 23.4. The van der Waals surface area contributed by atoms with Crippen LogP contribution in [0.3, 0.4) is 0 Å². The molecule has 4 saturated carbocycles. The fourth-order valence-electron chi connectivity index (χ4n) is 10.8. The van der Waals surface area contributed by atoms with Crippen molar-refractivity contribution >= 4 is 38.4 Å². The molecule has 12 heteroatoms. The Morgan fingerprint density at radius 3 is 0.969 bits per heavy atom. The largest absolute Gasteiger partial charge is 1.00 e. The molecule has 8 nitrogen and oxygen atoms in total. The predicted octanol–water partition coefficient (Wildman–Crippen LogP) is 10.5. The minimum atomic E-state index is -1.13. The van der Waals surface area contributed by atoms with E-state index in [9.17, 15) is 19.8 Å². The molecule has 0 spiro atoms. The summed E-state index contributed by atoms with van der Waals surface area (Å²) in [5.41, 5.74) is 6.40. The van der Waals surface area contributed by atoms with Crippen molar-refractivity contribution in [3.63, 3.8) is 0 Å². The van der Waals surface area contributed by atoms with E-state index in [0.717, 1.165) is 45.6 Å². The van der Waals surface area contributed by atoms with Gasteiger partial charge in [0.05, 0.1) is 11.9 Å². The number of hydrogen-bond acceptors (Lipinski definition) is 8. The van der Waals surface area contributed by atoms with Gasteiger partial charge in [0.15, 0.2) is 23.0 Å². The zero-order chi connectivity index (χ0) is 42.7. The van der Waals surface area contributed by atoms with Crippen molar-refractivity contribution in [3.8, 4) is 34.1 Å². The van der Waals surface area contributed by atoms with E-state index in [4.69, 9.17) is 18.9 Å². The molecule has 4 aliphatic carbocycles. The first-order chi connectivity index (χ1) is 30.5. The Hall–Kier alpha value is -2.64. The standard InChI is InChI=1S/C38H52O4P2.2C7H6O2.2Au/c1-5-13-27(14-6-1)43(28-15-7-2-8-16-28)33-23-21-31-37(41-25-39-31)35(33)36-34(24-22-32-38(36)42-26-40-32)44(29-17-9-3-10-18-29)30-19-11-4-12-20-30;2*8-7(9)6-4-2-1-3-5-6;;/h21-24,27-30H,1-20,25-26H2;2*1-5H,(H,8,9);;/q;;;2*+1/p-2. The molecule has 0 unspecified atom stereocenters. The monoisotopic (exact) mass is 1270 g/mol. The molecule has 350 valence electrons. The number of carboxylic acids is 2. The Bertz CT molecular complexity index is 1900. The molecule has 0 amide bonds. The van der Waals surface area contributed by atoms with Crippen LogP contribution in [-0.2, 0) is 44.8 Å². The number of aromatic carboxylic acids is 2. The SMILES string of the molecule is O=C([O-])c1ccccc1.O=C([O-])c1ccccc1.[Au+].[Au+].c1cc(P(C2CCCCC2)C2CCCCC2)c(-c2c(P(C3CCCCC3)C3CCCCC3)ccc3c2OCO3)c2c1OCO2. The number of rotatable bonds is 9. The Balaban J connectivity index is 0.000000284. The van der Waals surface area contributed by atoms with Crippen LogP contribution in [0.1, 0.15) is 149 Å². The van der Waals surface area contributed by atoms with Gasteiger partial charge in [0.1, 0.15) is 0 Å². The molecule has 6 aliphatic rings. The van der Waals surface area contributed by atoms with E-state index in [1.54, 1.807) is 47.0 Å². The summed E-state index contributed by atoms with van der Waals surface area (Å²) in [6.07, 6.45) is 28.0. The third-order valence-corrected chi connectivity index (χ3v) is 20.8. The Morgan fingerprint density at radius 2 is 0.703 bits per heavy atom. The molecular formula is C52H62Au2O8P2. The van der Waals surface area contributed by atoms with Gasteiger partial charge in [-0.25, -0.2) is 0 Å². The average Bonchev–Trinajstić information content (AvgIpc) is 4.03. The van der Waals surface area contributed by atoms with Gasteiger partial charge in [0, 0.05) is 11.1 Å². The van der Waals surface area contributed by atoms with Crippen LogP contribution >= 0.6 is 15.8 Å². The van der Waals surface area contributed by atoms with E-state index in [1.807, 2.05) is 0 Å². The molecule has 10 rings (SSSR count). The molecule has 64 heavy (non-hydrogen) atoms. The van der Waals surface area contributed by atoms with E-state index in [0.29, 0.717) is 13.6 Å². The van der Waals surface area contributed by atoms with Gasteiger partial charge in [-0.05, 0) is 120 Å². The van der Waals surface area contributed by atoms with E-state index >= 15 is 0 Å². The summed E-state index contributed by atoms with van der Waals surface area (Å²) in [7, 11) is -0.670. The topological polar surface area (TPSA) is 117 Å².